The van der Waals surface area contributed by atoms with Gasteiger partial charge in [-0.15, -0.1) is 12.4 Å². The van der Waals surface area contributed by atoms with Gasteiger partial charge in [-0.3, -0.25) is 4.79 Å². The van der Waals surface area contributed by atoms with Crippen molar-refractivity contribution in [3.05, 3.63) is 0 Å². The Morgan fingerprint density at radius 2 is 2.27 bits per heavy atom. The Hall–Kier alpha value is -0.280. The first-order valence-corrected chi connectivity index (χ1v) is 3.79. The van der Waals surface area contributed by atoms with Crippen LogP contribution in [0.5, 0.6) is 0 Å². The number of amides is 1. The highest BCUT2D eigenvalue weighted by molar-refractivity contribution is 5.85. The zero-order chi connectivity index (χ0) is 7.40. The van der Waals surface area contributed by atoms with Gasteiger partial charge in [0.15, 0.2) is 0 Å². The fourth-order valence-electron chi connectivity index (χ4n) is 1.41. The summed E-state index contributed by atoms with van der Waals surface area (Å²) in [6.07, 6.45) is 4.34. The van der Waals surface area contributed by atoms with Crippen molar-refractivity contribution in [2.45, 2.75) is 25.3 Å². The first-order chi connectivity index (χ1) is 4.88. The number of nitrogens with two attached hydrogens (primary N) is 1. The SMILES string of the molecule is Cl.NCC1CCCCN1C=O. The molecule has 0 aromatic carbocycles. The number of likely N-dealkylation sites (tertiary alicyclic amines) is 1. The molecule has 1 saturated heterocycles. The summed E-state index contributed by atoms with van der Waals surface area (Å²) in [5.74, 6) is 0. The second kappa shape index (κ2) is 5.38. The molecule has 0 aromatic rings. The van der Waals surface area contributed by atoms with Crippen molar-refractivity contribution in [2.75, 3.05) is 13.1 Å². The summed E-state index contributed by atoms with van der Waals surface area (Å²) in [5, 5.41) is 0. The van der Waals surface area contributed by atoms with E-state index in [0.717, 1.165) is 25.8 Å². The van der Waals surface area contributed by atoms with Crippen molar-refractivity contribution in [3.8, 4) is 0 Å². The first-order valence-electron chi connectivity index (χ1n) is 3.79. The highest BCUT2D eigenvalue weighted by atomic mass is 35.5. The van der Waals surface area contributed by atoms with Gasteiger partial charge < -0.3 is 10.6 Å². The molecule has 1 rings (SSSR count). The molecule has 66 valence electrons. The Labute approximate surface area is 73.3 Å². The van der Waals surface area contributed by atoms with E-state index in [2.05, 4.69) is 0 Å². The fourth-order valence-corrected chi connectivity index (χ4v) is 1.41. The third-order valence-electron chi connectivity index (χ3n) is 2.08. The standard InChI is InChI=1S/C7H14N2O.ClH/c8-5-7-3-1-2-4-9(7)6-10;/h6-7H,1-5,8H2;1H. The van der Waals surface area contributed by atoms with Gasteiger partial charge in [0.1, 0.15) is 0 Å². The van der Waals surface area contributed by atoms with Crippen molar-refractivity contribution in [1.29, 1.82) is 0 Å². The number of nitrogens with zero attached hydrogens (tertiary/aromatic N) is 1. The average Bonchev–Trinajstić information content (AvgIpc) is 2.04. The van der Waals surface area contributed by atoms with Gasteiger partial charge in [-0.1, -0.05) is 0 Å². The van der Waals surface area contributed by atoms with Crippen LogP contribution in [0.4, 0.5) is 0 Å². The predicted molar refractivity (Wildman–Crippen MR) is 46.7 cm³/mol. The molecule has 1 heterocycles. The van der Waals surface area contributed by atoms with Crippen LogP contribution in [-0.4, -0.2) is 30.4 Å². The maximum absolute atomic E-state index is 10.4. The monoisotopic (exact) mass is 178 g/mol. The first kappa shape index (κ1) is 10.7. The Morgan fingerprint density at radius 1 is 1.55 bits per heavy atom. The molecular formula is C7H15ClN2O. The van der Waals surface area contributed by atoms with Crippen LogP contribution in [-0.2, 0) is 4.79 Å². The summed E-state index contributed by atoms with van der Waals surface area (Å²) in [7, 11) is 0. The minimum absolute atomic E-state index is 0. The van der Waals surface area contributed by atoms with Crippen molar-refractivity contribution in [2.24, 2.45) is 5.73 Å². The molecule has 0 spiro atoms. The van der Waals surface area contributed by atoms with Crippen LogP contribution in [0.15, 0.2) is 0 Å². The quantitative estimate of drug-likeness (QED) is 0.622. The summed E-state index contributed by atoms with van der Waals surface area (Å²) in [6.45, 7) is 1.50. The maximum Gasteiger partial charge on any atom is 0.209 e. The largest absolute Gasteiger partial charge is 0.341 e. The second-order valence-electron chi connectivity index (χ2n) is 2.73. The van der Waals surface area contributed by atoms with E-state index in [4.69, 9.17) is 5.73 Å². The number of carbonyl (C=O) groups is 1. The lowest BCUT2D eigenvalue weighted by Gasteiger charge is -2.31. The molecule has 0 saturated carbocycles. The molecule has 2 N–H and O–H groups in total. The number of carbonyl (C=O) groups excluding carboxylic acids is 1. The summed E-state index contributed by atoms with van der Waals surface area (Å²) in [6, 6.07) is 0.311. The maximum atomic E-state index is 10.4. The van der Waals surface area contributed by atoms with Gasteiger partial charge in [0, 0.05) is 19.1 Å². The number of hydrogen-bond acceptors (Lipinski definition) is 2. The van der Waals surface area contributed by atoms with Crippen LogP contribution < -0.4 is 5.73 Å². The van der Waals surface area contributed by atoms with Crippen LogP contribution in [0.3, 0.4) is 0 Å². The summed E-state index contributed by atoms with van der Waals surface area (Å²) in [5.41, 5.74) is 5.47. The number of rotatable bonds is 2. The highest BCUT2D eigenvalue weighted by Crippen LogP contribution is 2.13. The van der Waals surface area contributed by atoms with E-state index in [1.54, 1.807) is 0 Å². The topological polar surface area (TPSA) is 46.3 Å². The van der Waals surface area contributed by atoms with Crippen LogP contribution in [0.2, 0.25) is 0 Å². The van der Waals surface area contributed by atoms with Crippen LogP contribution in [0, 0.1) is 0 Å². The van der Waals surface area contributed by atoms with Crippen molar-refractivity contribution < 1.29 is 4.79 Å². The molecule has 11 heavy (non-hydrogen) atoms. The van der Waals surface area contributed by atoms with Crippen LogP contribution >= 0.6 is 12.4 Å². The van der Waals surface area contributed by atoms with Crippen molar-refractivity contribution in [1.82, 2.24) is 4.90 Å². The summed E-state index contributed by atoms with van der Waals surface area (Å²) < 4.78 is 0. The second-order valence-corrected chi connectivity index (χ2v) is 2.73. The molecule has 0 aliphatic carbocycles. The molecule has 1 unspecified atom stereocenters. The van der Waals surface area contributed by atoms with E-state index < -0.39 is 0 Å². The minimum atomic E-state index is 0. The van der Waals surface area contributed by atoms with Crippen molar-refractivity contribution >= 4 is 18.8 Å². The zero-order valence-corrected chi connectivity index (χ0v) is 7.35. The lowest BCUT2D eigenvalue weighted by Crippen LogP contribution is -2.42. The summed E-state index contributed by atoms with van der Waals surface area (Å²) in [4.78, 5) is 12.2. The number of piperidine rings is 1. The average molecular weight is 179 g/mol. The van der Waals surface area contributed by atoms with Gasteiger partial charge in [0.05, 0.1) is 0 Å². The molecule has 0 radical (unpaired) electrons. The number of halogens is 1. The summed E-state index contributed by atoms with van der Waals surface area (Å²) >= 11 is 0. The van der Waals surface area contributed by atoms with E-state index in [-0.39, 0.29) is 12.4 Å². The normalized spacial score (nSPS) is 24.1. The molecule has 1 aliphatic heterocycles. The van der Waals surface area contributed by atoms with Gasteiger partial charge in [0.25, 0.3) is 0 Å². The van der Waals surface area contributed by atoms with Crippen molar-refractivity contribution in [3.63, 3.8) is 0 Å². The van der Waals surface area contributed by atoms with E-state index in [0.29, 0.717) is 12.6 Å². The molecular weight excluding hydrogens is 164 g/mol. The van der Waals surface area contributed by atoms with Crippen LogP contribution in [0.25, 0.3) is 0 Å². The Morgan fingerprint density at radius 3 is 2.73 bits per heavy atom. The van der Waals surface area contributed by atoms with Gasteiger partial charge in [-0.25, -0.2) is 0 Å². The third-order valence-corrected chi connectivity index (χ3v) is 2.08. The molecule has 0 bridgehead atoms. The van der Waals surface area contributed by atoms with Gasteiger partial charge in [-0.05, 0) is 19.3 Å². The van der Waals surface area contributed by atoms with Gasteiger partial charge in [0.2, 0.25) is 6.41 Å². The molecule has 1 aliphatic rings. The molecule has 1 fully saturated rings. The Balaban J connectivity index is 0.000001000. The highest BCUT2D eigenvalue weighted by Gasteiger charge is 2.18. The Kier molecular flexibility index (Phi) is 5.24. The third kappa shape index (κ3) is 2.67. The van der Waals surface area contributed by atoms with E-state index >= 15 is 0 Å². The van der Waals surface area contributed by atoms with Gasteiger partial charge in [-0.2, -0.15) is 0 Å². The van der Waals surface area contributed by atoms with E-state index in [1.807, 2.05) is 4.90 Å². The molecule has 1 amide bonds. The smallest absolute Gasteiger partial charge is 0.209 e. The number of hydrogen-bond donors (Lipinski definition) is 1. The molecule has 0 aromatic heterocycles. The van der Waals surface area contributed by atoms with E-state index in [1.165, 1.54) is 6.42 Å². The lowest BCUT2D eigenvalue weighted by molar-refractivity contribution is -0.121. The van der Waals surface area contributed by atoms with Gasteiger partial charge >= 0.3 is 0 Å². The van der Waals surface area contributed by atoms with E-state index in [9.17, 15) is 4.79 Å². The molecule has 3 nitrogen and oxygen atoms in total. The molecule has 4 heteroatoms. The lowest BCUT2D eigenvalue weighted by atomic mass is 10.0. The minimum Gasteiger partial charge on any atom is -0.341 e. The predicted octanol–water partition coefficient (Wildman–Crippen LogP) is 0.378. The molecule has 1 atom stereocenters. The zero-order valence-electron chi connectivity index (χ0n) is 6.53. The fraction of sp³-hybridized carbons (Fsp3) is 0.857. The van der Waals surface area contributed by atoms with Crippen LogP contribution in [0.1, 0.15) is 19.3 Å². The Bertz CT molecular complexity index is 121.